The lowest BCUT2D eigenvalue weighted by Crippen LogP contribution is -2.15. The summed E-state index contributed by atoms with van der Waals surface area (Å²) >= 11 is 0. The van der Waals surface area contributed by atoms with E-state index in [2.05, 4.69) is 15.4 Å². The fourth-order valence-corrected chi connectivity index (χ4v) is 3.51. The summed E-state index contributed by atoms with van der Waals surface area (Å²) in [6, 6.07) is 19.7. The van der Waals surface area contributed by atoms with Crippen LogP contribution in [0.2, 0.25) is 0 Å². The van der Waals surface area contributed by atoms with Gasteiger partial charge >= 0.3 is 5.76 Å². The molecule has 0 amide bonds. The monoisotopic (exact) mass is 431 g/mol. The van der Waals surface area contributed by atoms with Crippen molar-refractivity contribution in [3.05, 3.63) is 100 Å². The third kappa shape index (κ3) is 3.64. The van der Waals surface area contributed by atoms with Crippen molar-refractivity contribution in [3.8, 4) is 11.4 Å². The number of para-hydroxylation sites is 1. The van der Waals surface area contributed by atoms with E-state index in [-0.39, 0.29) is 24.1 Å². The number of methoxy groups -OCH3 is 1. The van der Waals surface area contributed by atoms with Gasteiger partial charge < -0.3 is 9.15 Å². The highest BCUT2D eigenvalue weighted by Crippen LogP contribution is 2.23. The molecule has 8 nitrogen and oxygen atoms in total. The Kier molecular flexibility index (Phi) is 4.98. The van der Waals surface area contributed by atoms with E-state index < -0.39 is 11.6 Å². The largest absolute Gasteiger partial charge is 0.497 e. The first-order valence-electron chi connectivity index (χ1n) is 9.90. The number of rotatable bonds is 6. The molecule has 0 aliphatic rings. The molecule has 2 aromatic heterocycles. The smallest absolute Gasteiger partial charge is 0.420 e. The van der Waals surface area contributed by atoms with Crippen LogP contribution in [0, 0.1) is 5.82 Å². The van der Waals surface area contributed by atoms with E-state index in [1.54, 1.807) is 31.4 Å². The van der Waals surface area contributed by atoms with E-state index in [1.807, 2.05) is 42.5 Å². The summed E-state index contributed by atoms with van der Waals surface area (Å²) in [6.45, 7) is 0.165. The van der Waals surface area contributed by atoms with Crippen molar-refractivity contribution in [1.29, 1.82) is 0 Å². The van der Waals surface area contributed by atoms with Gasteiger partial charge in [-0.1, -0.05) is 36.4 Å². The molecule has 0 atom stereocenters. The Labute approximate surface area is 181 Å². The lowest BCUT2D eigenvalue weighted by Gasteiger charge is -2.07. The van der Waals surface area contributed by atoms with Gasteiger partial charge in [-0.25, -0.2) is 9.18 Å². The van der Waals surface area contributed by atoms with Gasteiger partial charge in [-0.2, -0.15) is 0 Å². The van der Waals surface area contributed by atoms with Crippen LogP contribution in [0.1, 0.15) is 17.0 Å². The minimum atomic E-state index is -0.625. The molecule has 32 heavy (non-hydrogen) atoms. The molecule has 3 aromatic carbocycles. The molecule has 0 aliphatic heterocycles. The molecule has 9 heteroatoms. The fraction of sp³-hybridized carbons (Fsp3) is 0.130. The number of tetrazole rings is 1. The second-order valence-electron chi connectivity index (χ2n) is 7.20. The van der Waals surface area contributed by atoms with E-state index in [4.69, 9.17) is 9.15 Å². The zero-order valence-electron chi connectivity index (χ0n) is 17.1. The van der Waals surface area contributed by atoms with Crippen LogP contribution in [0.4, 0.5) is 4.39 Å². The van der Waals surface area contributed by atoms with Gasteiger partial charge in [0.2, 0.25) is 0 Å². The van der Waals surface area contributed by atoms with Gasteiger partial charge in [-0.15, -0.1) is 15.0 Å². The minimum absolute atomic E-state index is 0.110. The molecule has 5 aromatic rings. The van der Waals surface area contributed by atoms with Crippen LogP contribution in [-0.4, -0.2) is 31.9 Å². The number of fused-ring (bicyclic) bond motifs is 1. The predicted octanol–water partition coefficient (Wildman–Crippen LogP) is 3.36. The average molecular weight is 431 g/mol. The first kappa shape index (κ1) is 19.7. The molecule has 5 rings (SSSR count). The molecule has 0 radical (unpaired) electrons. The summed E-state index contributed by atoms with van der Waals surface area (Å²) in [4.78, 5) is 13.8. The van der Waals surface area contributed by atoms with Crippen molar-refractivity contribution in [3.63, 3.8) is 0 Å². The van der Waals surface area contributed by atoms with Gasteiger partial charge in [0.15, 0.2) is 17.2 Å². The van der Waals surface area contributed by atoms with Gasteiger partial charge in [0.1, 0.15) is 11.3 Å². The number of halogens is 1. The van der Waals surface area contributed by atoms with Crippen molar-refractivity contribution in [2.45, 2.75) is 13.0 Å². The lowest BCUT2D eigenvalue weighted by molar-refractivity contribution is 0.414. The maximum Gasteiger partial charge on any atom is 0.420 e. The summed E-state index contributed by atoms with van der Waals surface area (Å²) in [5, 5.41) is 12.4. The summed E-state index contributed by atoms with van der Waals surface area (Å²) in [5.41, 5.74) is 2.21. The maximum atomic E-state index is 15.5. The van der Waals surface area contributed by atoms with Gasteiger partial charge in [-0.3, -0.25) is 4.57 Å². The first-order chi connectivity index (χ1) is 15.6. The minimum Gasteiger partial charge on any atom is -0.497 e. The molecule has 0 saturated carbocycles. The van der Waals surface area contributed by atoms with Crippen LogP contribution in [0.25, 0.3) is 16.8 Å². The summed E-state index contributed by atoms with van der Waals surface area (Å²) in [5.74, 6) is -0.111. The Morgan fingerprint density at radius 1 is 1.03 bits per heavy atom. The molecule has 0 unspecified atom stereocenters. The molecule has 0 aliphatic carbocycles. The Balaban J connectivity index is 1.47. The van der Waals surface area contributed by atoms with Crippen molar-refractivity contribution in [2.75, 3.05) is 7.11 Å². The molecule has 0 N–H and O–H groups in total. The van der Waals surface area contributed by atoms with Crippen molar-refractivity contribution < 1.29 is 13.5 Å². The van der Waals surface area contributed by atoms with Crippen LogP contribution < -0.4 is 10.5 Å². The number of hydrogen-bond acceptors (Lipinski definition) is 6. The summed E-state index contributed by atoms with van der Waals surface area (Å²) < 4.78 is 27.2. The predicted molar refractivity (Wildman–Crippen MR) is 114 cm³/mol. The maximum absolute atomic E-state index is 15.5. The quantitative estimate of drug-likeness (QED) is 0.410. The van der Waals surface area contributed by atoms with Crippen LogP contribution in [0.5, 0.6) is 5.75 Å². The molecule has 0 saturated heterocycles. The van der Waals surface area contributed by atoms with Crippen LogP contribution in [-0.2, 0) is 13.0 Å². The van der Waals surface area contributed by atoms with Crippen molar-refractivity contribution in [2.24, 2.45) is 0 Å². The molecule has 0 fully saturated rings. The SMILES string of the molecule is COc1ccc(Cn2c(=O)oc3ccc(Cc4nnn(-c5ccccc5)n4)c(F)c32)cc1. The number of hydrogen-bond donors (Lipinski definition) is 0. The van der Waals surface area contributed by atoms with E-state index in [0.717, 1.165) is 11.3 Å². The Morgan fingerprint density at radius 3 is 2.56 bits per heavy atom. The highest BCUT2D eigenvalue weighted by Gasteiger charge is 2.19. The van der Waals surface area contributed by atoms with Gasteiger partial charge in [-0.05, 0) is 46.7 Å². The Bertz CT molecular complexity index is 1440. The third-order valence-corrected chi connectivity index (χ3v) is 5.14. The van der Waals surface area contributed by atoms with E-state index in [9.17, 15) is 4.79 Å². The molecule has 0 bridgehead atoms. The third-order valence-electron chi connectivity index (χ3n) is 5.14. The van der Waals surface area contributed by atoms with Gasteiger partial charge in [0.25, 0.3) is 0 Å². The standard InChI is InChI=1S/C23H18FN5O3/c1-31-18-10-7-15(8-11-18)14-28-22-19(32-23(28)30)12-9-16(21(22)24)13-20-25-27-29(26-20)17-5-3-2-4-6-17/h2-12H,13-14H2,1H3. The van der Waals surface area contributed by atoms with E-state index >= 15 is 4.39 Å². The zero-order chi connectivity index (χ0) is 22.1. The fourth-order valence-electron chi connectivity index (χ4n) is 3.51. The molecule has 160 valence electrons. The normalized spacial score (nSPS) is 11.2. The number of benzene rings is 3. The second-order valence-corrected chi connectivity index (χ2v) is 7.20. The van der Waals surface area contributed by atoms with Crippen LogP contribution >= 0.6 is 0 Å². The van der Waals surface area contributed by atoms with Gasteiger partial charge in [0, 0.05) is 6.42 Å². The first-order valence-corrected chi connectivity index (χ1v) is 9.90. The lowest BCUT2D eigenvalue weighted by atomic mass is 10.1. The summed E-state index contributed by atoms with van der Waals surface area (Å²) in [6.07, 6.45) is 0.122. The van der Waals surface area contributed by atoms with E-state index in [0.29, 0.717) is 17.1 Å². The van der Waals surface area contributed by atoms with Crippen LogP contribution in [0.3, 0.4) is 0 Å². The molecule has 2 heterocycles. The number of ether oxygens (including phenoxy) is 1. The number of aromatic nitrogens is 5. The van der Waals surface area contributed by atoms with Crippen molar-refractivity contribution >= 4 is 11.1 Å². The number of nitrogens with zero attached hydrogens (tertiary/aromatic N) is 5. The highest BCUT2D eigenvalue weighted by atomic mass is 19.1. The number of oxazole rings is 1. The molecular weight excluding hydrogens is 413 g/mol. The second kappa shape index (κ2) is 8.10. The molecule has 0 spiro atoms. The Hall–Kier alpha value is -4.27. The summed E-state index contributed by atoms with van der Waals surface area (Å²) in [7, 11) is 1.58. The van der Waals surface area contributed by atoms with Crippen molar-refractivity contribution in [1.82, 2.24) is 24.8 Å². The Morgan fingerprint density at radius 2 is 1.81 bits per heavy atom. The van der Waals surface area contributed by atoms with Gasteiger partial charge in [0.05, 0.1) is 19.3 Å². The average Bonchev–Trinajstić information content (AvgIpc) is 3.42. The zero-order valence-corrected chi connectivity index (χ0v) is 17.1. The molecular formula is C23H18FN5O3. The van der Waals surface area contributed by atoms with Crippen LogP contribution in [0.15, 0.2) is 75.9 Å². The topological polar surface area (TPSA) is 88.0 Å². The highest BCUT2D eigenvalue weighted by molar-refractivity contribution is 5.75. The van der Waals surface area contributed by atoms with E-state index in [1.165, 1.54) is 9.36 Å².